The standard InChI is InChI=1S/C18H24ClF3OSi/c19-24-7-5-14(6-8-24)13-3-1-12(2-4-13)11-23-15-9-16(20)18(22)17(21)10-15/h9-10,12-14,24H,1-8,11H2/t12-,13-,14?,24?. The van der Waals surface area contributed by atoms with Crippen molar-refractivity contribution in [2.24, 2.45) is 17.8 Å². The van der Waals surface area contributed by atoms with E-state index in [0.29, 0.717) is 12.5 Å². The molecule has 1 saturated heterocycles. The molecule has 1 aromatic rings. The third-order valence-electron chi connectivity index (χ3n) is 5.70. The topological polar surface area (TPSA) is 9.23 Å². The van der Waals surface area contributed by atoms with E-state index in [2.05, 4.69) is 0 Å². The lowest BCUT2D eigenvalue weighted by Crippen LogP contribution is -2.28. The van der Waals surface area contributed by atoms with Gasteiger partial charge in [0, 0.05) is 12.1 Å². The molecule has 3 rings (SSSR count). The highest BCUT2D eigenvalue weighted by Gasteiger charge is 2.31. The van der Waals surface area contributed by atoms with E-state index in [-0.39, 0.29) is 5.75 Å². The molecule has 1 heterocycles. The second-order valence-electron chi connectivity index (χ2n) is 7.30. The van der Waals surface area contributed by atoms with E-state index in [1.807, 2.05) is 0 Å². The van der Waals surface area contributed by atoms with Gasteiger partial charge < -0.3 is 4.74 Å². The number of rotatable bonds is 4. The summed E-state index contributed by atoms with van der Waals surface area (Å²) < 4.78 is 44.8. The molecule has 134 valence electrons. The van der Waals surface area contributed by atoms with Crippen LogP contribution >= 0.6 is 11.1 Å². The van der Waals surface area contributed by atoms with Crippen molar-refractivity contribution in [3.63, 3.8) is 0 Å². The van der Waals surface area contributed by atoms with E-state index in [4.69, 9.17) is 15.8 Å². The quantitative estimate of drug-likeness (QED) is 0.374. The van der Waals surface area contributed by atoms with Gasteiger partial charge in [-0.05, 0) is 55.5 Å². The van der Waals surface area contributed by atoms with Crippen molar-refractivity contribution in [1.29, 1.82) is 0 Å². The Morgan fingerprint density at radius 3 is 2.04 bits per heavy atom. The fourth-order valence-electron chi connectivity index (χ4n) is 4.21. The van der Waals surface area contributed by atoms with Gasteiger partial charge in [0.1, 0.15) is 13.9 Å². The first kappa shape index (κ1) is 18.1. The van der Waals surface area contributed by atoms with E-state index in [9.17, 15) is 13.2 Å². The van der Waals surface area contributed by atoms with E-state index in [0.717, 1.165) is 36.8 Å². The van der Waals surface area contributed by atoms with Gasteiger partial charge >= 0.3 is 0 Å². The van der Waals surface area contributed by atoms with Gasteiger partial charge in [-0.2, -0.15) is 11.1 Å². The summed E-state index contributed by atoms with van der Waals surface area (Å²) >= 11 is 6.32. The maximum absolute atomic E-state index is 13.2. The molecule has 0 spiro atoms. The summed E-state index contributed by atoms with van der Waals surface area (Å²) in [5, 5.41) is 0. The number of hydrogen-bond donors (Lipinski definition) is 0. The van der Waals surface area contributed by atoms with Crippen LogP contribution in [0.2, 0.25) is 12.1 Å². The normalized spacial score (nSPS) is 31.0. The third kappa shape index (κ3) is 4.48. The molecular weight excluding hydrogens is 353 g/mol. The summed E-state index contributed by atoms with van der Waals surface area (Å²) in [6, 6.07) is 4.38. The van der Waals surface area contributed by atoms with Crippen LogP contribution in [0.1, 0.15) is 38.5 Å². The number of halogens is 4. The lowest BCUT2D eigenvalue weighted by molar-refractivity contribution is 0.147. The highest BCUT2D eigenvalue weighted by Crippen LogP contribution is 2.40. The van der Waals surface area contributed by atoms with Crippen LogP contribution < -0.4 is 4.74 Å². The average Bonchev–Trinajstić information content (AvgIpc) is 2.59. The van der Waals surface area contributed by atoms with Crippen molar-refractivity contribution in [2.75, 3.05) is 6.61 Å². The fourth-order valence-corrected chi connectivity index (χ4v) is 6.83. The lowest BCUT2D eigenvalue weighted by atomic mass is 9.74. The van der Waals surface area contributed by atoms with Crippen LogP contribution in [0.3, 0.4) is 0 Å². The molecule has 1 saturated carbocycles. The minimum Gasteiger partial charge on any atom is -0.493 e. The lowest BCUT2D eigenvalue weighted by Gasteiger charge is -2.36. The van der Waals surface area contributed by atoms with Crippen LogP contribution in [0.25, 0.3) is 0 Å². The van der Waals surface area contributed by atoms with Crippen LogP contribution in [0.15, 0.2) is 12.1 Å². The monoisotopic (exact) mass is 376 g/mol. The Morgan fingerprint density at radius 1 is 0.917 bits per heavy atom. The largest absolute Gasteiger partial charge is 0.493 e. The highest BCUT2D eigenvalue weighted by molar-refractivity contribution is 7.07. The van der Waals surface area contributed by atoms with Crippen molar-refractivity contribution in [3.8, 4) is 5.75 Å². The van der Waals surface area contributed by atoms with Gasteiger partial charge in [-0.3, -0.25) is 0 Å². The fraction of sp³-hybridized carbons (Fsp3) is 0.667. The van der Waals surface area contributed by atoms with Crippen LogP contribution in [-0.2, 0) is 0 Å². The summed E-state index contributed by atoms with van der Waals surface area (Å²) in [7, 11) is -0.894. The van der Waals surface area contributed by atoms with Gasteiger partial charge in [0.05, 0.1) is 6.61 Å². The van der Waals surface area contributed by atoms with Crippen molar-refractivity contribution in [1.82, 2.24) is 0 Å². The van der Waals surface area contributed by atoms with Gasteiger partial charge in [-0.25, -0.2) is 13.2 Å². The van der Waals surface area contributed by atoms with Gasteiger partial charge in [0.2, 0.25) is 0 Å². The molecule has 0 aromatic heterocycles. The molecule has 1 aliphatic carbocycles. The van der Waals surface area contributed by atoms with Crippen LogP contribution in [0.5, 0.6) is 5.75 Å². The molecule has 0 N–H and O–H groups in total. The Labute approximate surface area is 147 Å². The van der Waals surface area contributed by atoms with Crippen molar-refractivity contribution in [3.05, 3.63) is 29.6 Å². The van der Waals surface area contributed by atoms with Gasteiger partial charge in [-0.1, -0.05) is 12.8 Å². The number of hydrogen-bond acceptors (Lipinski definition) is 1. The van der Waals surface area contributed by atoms with Crippen molar-refractivity contribution in [2.45, 2.75) is 50.6 Å². The molecule has 1 nitrogen and oxygen atoms in total. The van der Waals surface area contributed by atoms with E-state index < -0.39 is 25.6 Å². The number of ether oxygens (including phenoxy) is 1. The molecule has 2 aliphatic rings. The SMILES string of the molecule is Fc1cc(OC[C@H]2CC[C@H](C3CC[SiH](Cl)CC3)CC2)cc(F)c1F. The Bertz CT molecular complexity index is 532. The second kappa shape index (κ2) is 8.13. The molecule has 1 aromatic carbocycles. The van der Waals surface area contributed by atoms with Crippen LogP contribution in [-0.4, -0.2) is 14.7 Å². The smallest absolute Gasteiger partial charge is 0.194 e. The molecule has 0 radical (unpaired) electrons. The molecule has 0 atom stereocenters. The van der Waals surface area contributed by atoms with E-state index in [1.165, 1.54) is 37.8 Å². The summed E-state index contributed by atoms with van der Waals surface area (Å²) in [5.41, 5.74) is 0. The highest BCUT2D eigenvalue weighted by atomic mass is 35.6. The Morgan fingerprint density at radius 2 is 1.46 bits per heavy atom. The maximum atomic E-state index is 13.2. The Balaban J connectivity index is 1.44. The second-order valence-corrected chi connectivity index (χ2v) is 11.5. The van der Waals surface area contributed by atoms with Gasteiger partial charge in [0.15, 0.2) is 17.5 Å². The van der Waals surface area contributed by atoms with Crippen LogP contribution in [0.4, 0.5) is 13.2 Å². The van der Waals surface area contributed by atoms with Crippen LogP contribution in [0, 0.1) is 35.2 Å². The van der Waals surface area contributed by atoms with Gasteiger partial charge in [0.25, 0.3) is 0 Å². The minimum absolute atomic E-state index is 0.0684. The summed E-state index contributed by atoms with van der Waals surface area (Å²) in [6.45, 7) is 0.443. The zero-order valence-electron chi connectivity index (χ0n) is 13.7. The molecule has 0 bridgehead atoms. The van der Waals surface area contributed by atoms with E-state index in [1.54, 1.807) is 0 Å². The Kier molecular flexibility index (Phi) is 6.14. The first-order valence-corrected chi connectivity index (χ1v) is 12.3. The minimum atomic E-state index is -1.45. The van der Waals surface area contributed by atoms with E-state index >= 15 is 0 Å². The number of benzene rings is 1. The molecule has 0 amide bonds. The zero-order valence-corrected chi connectivity index (χ0v) is 15.7. The van der Waals surface area contributed by atoms with Gasteiger partial charge in [-0.15, -0.1) is 0 Å². The molecular formula is C18H24ClF3OSi. The van der Waals surface area contributed by atoms with Crippen molar-refractivity contribution < 1.29 is 17.9 Å². The summed E-state index contributed by atoms with van der Waals surface area (Å²) in [5.74, 6) is -1.72. The molecule has 6 heteroatoms. The molecule has 2 fully saturated rings. The molecule has 0 unspecified atom stereocenters. The third-order valence-corrected chi connectivity index (χ3v) is 8.93. The predicted molar refractivity (Wildman–Crippen MR) is 92.6 cm³/mol. The summed E-state index contributed by atoms with van der Waals surface area (Å²) in [4.78, 5) is 0. The Hall–Kier alpha value is -0.683. The molecule has 24 heavy (non-hydrogen) atoms. The average molecular weight is 377 g/mol. The zero-order chi connectivity index (χ0) is 17.1. The molecule has 1 aliphatic heterocycles. The summed E-state index contributed by atoms with van der Waals surface area (Å²) in [6.07, 6.45) is 7.21. The predicted octanol–water partition coefficient (Wildman–Crippen LogP) is 5.66. The first-order chi connectivity index (χ1) is 11.5. The first-order valence-electron chi connectivity index (χ1n) is 8.94. The van der Waals surface area contributed by atoms with Crippen molar-refractivity contribution >= 4 is 19.2 Å². The maximum Gasteiger partial charge on any atom is 0.194 e.